The molecule has 1 N–H and O–H groups in total. The van der Waals surface area contributed by atoms with E-state index in [-0.39, 0.29) is 28.6 Å². The fraction of sp³-hybridized carbons (Fsp3) is 0.500. The van der Waals surface area contributed by atoms with Gasteiger partial charge < -0.3 is 10.0 Å². The number of aromatic hydroxyl groups is 1. The summed E-state index contributed by atoms with van der Waals surface area (Å²) in [6, 6.07) is 4.49. The Hall–Kier alpha value is -0.930. The lowest BCUT2D eigenvalue weighted by atomic mass is 9.93. The molecule has 0 spiro atoms. The van der Waals surface area contributed by atoms with Crippen molar-refractivity contribution < 1.29 is 9.90 Å². The molecular weight excluding hydrogens is 285 g/mol. The van der Waals surface area contributed by atoms with Crippen LogP contribution in [0.25, 0.3) is 0 Å². The van der Waals surface area contributed by atoms with Gasteiger partial charge in [0.15, 0.2) is 0 Å². The molecule has 0 radical (unpaired) electrons. The molecule has 1 aliphatic rings. The Kier molecular flexibility index (Phi) is 4.58. The number of benzene rings is 1. The normalized spacial score (nSPS) is 23.1. The first-order chi connectivity index (χ1) is 9.00. The number of hydrogen-bond acceptors (Lipinski definition) is 2. The quantitative estimate of drug-likeness (QED) is 0.847. The lowest BCUT2D eigenvalue weighted by Gasteiger charge is -2.35. The number of nitrogens with zero attached hydrogens (tertiary/aromatic N) is 1. The van der Waals surface area contributed by atoms with Crippen LogP contribution in [0, 0.1) is 0 Å². The van der Waals surface area contributed by atoms with Crippen LogP contribution >= 0.6 is 23.2 Å². The Morgan fingerprint density at radius 3 is 2.74 bits per heavy atom. The molecule has 1 fully saturated rings. The Bertz CT molecular complexity index is 479. The molecule has 1 saturated carbocycles. The topological polar surface area (TPSA) is 40.5 Å². The molecule has 0 heterocycles. The van der Waals surface area contributed by atoms with Crippen LogP contribution in [0.4, 0.5) is 0 Å². The number of hydrogen-bond donors (Lipinski definition) is 1. The summed E-state index contributed by atoms with van der Waals surface area (Å²) >= 11 is 12.2. The second-order valence-corrected chi connectivity index (χ2v) is 5.94. The Morgan fingerprint density at radius 2 is 2.05 bits per heavy atom. The Balaban J connectivity index is 2.20. The molecule has 1 aliphatic carbocycles. The minimum atomic E-state index is -0.238. The van der Waals surface area contributed by atoms with Gasteiger partial charge in [-0.05, 0) is 31.0 Å². The predicted molar refractivity (Wildman–Crippen MR) is 77.1 cm³/mol. The summed E-state index contributed by atoms with van der Waals surface area (Å²) < 4.78 is 0. The van der Waals surface area contributed by atoms with Crippen molar-refractivity contribution in [1.29, 1.82) is 0 Å². The summed E-state index contributed by atoms with van der Waals surface area (Å²) in [6.45, 7) is 0. The van der Waals surface area contributed by atoms with E-state index in [1.807, 2.05) is 0 Å². The molecule has 0 aliphatic heterocycles. The van der Waals surface area contributed by atoms with Crippen LogP contribution in [0.3, 0.4) is 0 Å². The third-order valence-corrected chi connectivity index (χ3v) is 4.40. The van der Waals surface area contributed by atoms with Crippen LogP contribution in [-0.4, -0.2) is 34.4 Å². The molecular formula is C14H17Cl2NO2. The van der Waals surface area contributed by atoms with E-state index < -0.39 is 0 Å². The first-order valence-corrected chi connectivity index (χ1v) is 7.22. The fourth-order valence-corrected chi connectivity index (χ4v) is 3.14. The van der Waals surface area contributed by atoms with Crippen LogP contribution in [0.5, 0.6) is 5.75 Å². The lowest BCUT2D eigenvalue weighted by Crippen LogP contribution is -2.44. The van der Waals surface area contributed by atoms with Gasteiger partial charge in [-0.2, -0.15) is 0 Å². The monoisotopic (exact) mass is 301 g/mol. The maximum Gasteiger partial charge on any atom is 0.257 e. The Morgan fingerprint density at radius 1 is 1.37 bits per heavy atom. The van der Waals surface area contributed by atoms with Crippen LogP contribution < -0.4 is 0 Å². The molecule has 1 aromatic rings. The van der Waals surface area contributed by atoms with Gasteiger partial charge in [-0.3, -0.25) is 4.79 Å². The zero-order valence-electron chi connectivity index (χ0n) is 10.8. The number of amides is 1. The molecule has 0 saturated heterocycles. The van der Waals surface area contributed by atoms with Crippen LogP contribution in [0.1, 0.15) is 36.0 Å². The van der Waals surface area contributed by atoms with Crippen molar-refractivity contribution in [3.63, 3.8) is 0 Å². The van der Waals surface area contributed by atoms with Crippen molar-refractivity contribution in [2.75, 3.05) is 7.05 Å². The van der Waals surface area contributed by atoms with E-state index in [2.05, 4.69) is 0 Å². The van der Waals surface area contributed by atoms with Crippen molar-refractivity contribution in [2.45, 2.75) is 37.1 Å². The van der Waals surface area contributed by atoms with Crippen molar-refractivity contribution in [1.82, 2.24) is 4.90 Å². The number of carbonyl (C=O) groups is 1. The van der Waals surface area contributed by atoms with E-state index in [1.54, 1.807) is 18.0 Å². The lowest BCUT2D eigenvalue weighted by molar-refractivity contribution is 0.0697. The molecule has 5 heteroatoms. The third-order valence-electron chi connectivity index (χ3n) is 3.65. The van der Waals surface area contributed by atoms with Gasteiger partial charge in [-0.25, -0.2) is 0 Å². The van der Waals surface area contributed by atoms with Gasteiger partial charge in [0.05, 0.1) is 10.9 Å². The number of phenols is 1. The van der Waals surface area contributed by atoms with Gasteiger partial charge in [-0.15, -0.1) is 11.6 Å². The summed E-state index contributed by atoms with van der Waals surface area (Å²) in [5.74, 6) is -0.291. The maximum atomic E-state index is 12.4. The molecule has 0 bridgehead atoms. The molecule has 2 atom stereocenters. The minimum absolute atomic E-state index is 0.0151. The average molecular weight is 302 g/mol. The third kappa shape index (κ3) is 3.15. The zero-order chi connectivity index (χ0) is 14.0. The number of phenolic OH excluding ortho intramolecular Hbond substituents is 1. The van der Waals surface area contributed by atoms with Crippen LogP contribution in [-0.2, 0) is 0 Å². The van der Waals surface area contributed by atoms with Crippen molar-refractivity contribution in [2.24, 2.45) is 0 Å². The SMILES string of the molecule is CN(C(=O)c1cc(Cl)ccc1O)C1CCCCC1Cl. The number of alkyl halides is 1. The van der Waals surface area contributed by atoms with Crippen molar-refractivity contribution in [3.8, 4) is 5.75 Å². The fourth-order valence-electron chi connectivity index (χ4n) is 2.52. The molecule has 1 aromatic carbocycles. The highest BCUT2D eigenvalue weighted by Crippen LogP contribution is 2.29. The van der Waals surface area contributed by atoms with E-state index in [1.165, 1.54) is 12.1 Å². The van der Waals surface area contributed by atoms with Crippen LogP contribution in [0.15, 0.2) is 18.2 Å². The molecule has 104 valence electrons. The predicted octanol–water partition coefficient (Wildman–Crippen LogP) is 3.67. The highest BCUT2D eigenvalue weighted by atomic mass is 35.5. The van der Waals surface area contributed by atoms with Crippen LogP contribution in [0.2, 0.25) is 5.02 Å². The highest BCUT2D eigenvalue weighted by molar-refractivity contribution is 6.31. The molecule has 19 heavy (non-hydrogen) atoms. The van der Waals surface area contributed by atoms with Gasteiger partial charge in [0.2, 0.25) is 0 Å². The summed E-state index contributed by atoms with van der Waals surface area (Å²) in [5, 5.41) is 10.2. The largest absolute Gasteiger partial charge is 0.507 e. The van der Waals surface area contributed by atoms with Gasteiger partial charge >= 0.3 is 0 Å². The smallest absolute Gasteiger partial charge is 0.257 e. The summed E-state index contributed by atoms with van der Waals surface area (Å²) in [4.78, 5) is 14.0. The molecule has 3 nitrogen and oxygen atoms in total. The standard InChI is InChI=1S/C14H17Cl2NO2/c1-17(12-5-3-2-4-11(12)16)14(19)10-8-9(15)6-7-13(10)18/h6-8,11-12,18H,2-5H2,1H3. The molecule has 2 unspecified atom stereocenters. The van der Waals surface area contributed by atoms with E-state index in [9.17, 15) is 9.90 Å². The van der Waals surface area contributed by atoms with E-state index in [4.69, 9.17) is 23.2 Å². The van der Waals surface area contributed by atoms with E-state index in [0.29, 0.717) is 5.02 Å². The van der Waals surface area contributed by atoms with E-state index >= 15 is 0 Å². The number of carbonyl (C=O) groups excluding carboxylic acids is 1. The van der Waals surface area contributed by atoms with Crippen molar-refractivity contribution >= 4 is 29.1 Å². The van der Waals surface area contributed by atoms with Gasteiger partial charge in [0.25, 0.3) is 5.91 Å². The second-order valence-electron chi connectivity index (χ2n) is 4.95. The molecule has 1 amide bonds. The second kappa shape index (κ2) is 6.02. The summed E-state index contributed by atoms with van der Waals surface area (Å²) in [7, 11) is 1.73. The minimum Gasteiger partial charge on any atom is -0.507 e. The highest BCUT2D eigenvalue weighted by Gasteiger charge is 2.30. The molecule has 2 rings (SSSR count). The summed E-state index contributed by atoms with van der Waals surface area (Å²) in [6.07, 6.45) is 4.01. The average Bonchev–Trinajstić information content (AvgIpc) is 2.40. The van der Waals surface area contributed by atoms with Gasteiger partial charge in [-0.1, -0.05) is 24.4 Å². The maximum absolute atomic E-state index is 12.4. The first-order valence-electron chi connectivity index (χ1n) is 6.40. The van der Waals surface area contributed by atoms with Gasteiger partial charge in [0, 0.05) is 18.1 Å². The van der Waals surface area contributed by atoms with Gasteiger partial charge in [0.1, 0.15) is 5.75 Å². The van der Waals surface area contributed by atoms with Crippen molar-refractivity contribution in [3.05, 3.63) is 28.8 Å². The number of halogens is 2. The van der Waals surface area contributed by atoms with E-state index in [0.717, 1.165) is 25.7 Å². The summed E-state index contributed by atoms with van der Waals surface area (Å²) in [5.41, 5.74) is 0.226. The Labute approximate surface area is 123 Å². The number of rotatable bonds is 2. The first kappa shape index (κ1) is 14.5. The molecule has 0 aromatic heterocycles. The zero-order valence-corrected chi connectivity index (χ0v) is 12.3.